The van der Waals surface area contributed by atoms with Gasteiger partial charge in [-0.05, 0) is 32.7 Å². The van der Waals surface area contributed by atoms with E-state index in [9.17, 15) is 4.79 Å². The number of carboxylic acids is 1. The number of unbranched alkanes of at least 4 members (excludes halogenated alkanes) is 1. The van der Waals surface area contributed by atoms with Crippen molar-refractivity contribution in [1.82, 2.24) is 5.32 Å². The predicted octanol–water partition coefficient (Wildman–Crippen LogP) is 1.63. The number of carbonyl (C=O) groups is 1. The predicted molar refractivity (Wildman–Crippen MR) is 49.2 cm³/mol. The molecule has 0 spiro atoms. The molecule has 0 fully saturated rings. The van der Waals surface area contributed by atoms with Gasteiger partial charge in [-0.3, -0.25) is 4.79 Å². The summed E-state index contributed by atoms with van der Waals surface area (Å²) >= 11 is 0. The number of rotatable bonds is 7. The van der Waals surface area contributed by atoms with E-state index in [0.717, 1.165) is 25.8 Å². The third kappa shape index (κ3) is 7.54. The molecule has 12 heavy (non-hydrogen) atoms. The molecular formula is C9H19NO2. The molecule has 2 N–H and O–H groups in total. The molecule has 0 aromatic rings. The number of hydrogen-bond donors (Lipinski definition) is 2. The van der Waals surface area contributed by atoms with Crippen LogP contribution < -0.4 is 5.32 Å². The second kappa shape index (κ2) is 7.10. The summed E-state index contributed by atoms with van der Waals surface area (Å²) in [7, 11) is 0. The highest BCUT2D eigenvalue weighted by Gasteiger charge is 1.98. The number of nitrogens with one attached hydrogen (secondary N) is 1. The van der Waals surface area contributed by atoms with Crippen molar-refractivity contribution in [3.63, 3.8) is 0 Å². The third-order valence-corrected chi connectivity index (χ3v) is 1.92. The van der Waals surface area contributed by atoms with Gasteiger partial charge in [0, 0.05) is 12.5 Å². The molecule has 1 atom stereocenters. The van der Waals surface area contributed by atoms with E-state index in [1.165, 1.54) is 0 Å². The molecule has 0 radical (unpaired) electrons. The molecule has 0 heterocycles. The highest BCUT2D eigenvalue weighted by Crippen LogP contribution is 1.95. The smallest absolute Gasteiger partial charge is 0.303 e. The first-order chi connectivity index (χ1) is 5.66. The normalized spacial score (nSPS) is 12.8. The monoisotopic (exact) mass is 173 g/mol. The Hall–Kier alpha value is -0.570. The number of aliphatic carboxylic acids is 1. The molecule has 3 heteroatoms. The van der Waals surface area contributed by atoms with Crippen molar-refractivity contribution in [1.29, 1.82) is 0 Å². The van der Waals surface area contributed by atoms with Crippen LogP contribution in [0.4, 0.5) is 0 Å². The van der Waals surface area contributed by atoms with E-state index in [4.69, 9.17) is 5.11 Å². The van der Waals surface area contributed by atoms with Crippen LogP contribution in [0.3, 0.4) is 0 Å². The van der Waals surface area contributed by atoms with Crippen LogP contribution >= 0.6 is 0 Å². The van der Waals surface area contributed by atoms with Crippen molar-refractivity contribution in [2.75, 3.05) is 6.54 Å². The average molecular weight is 173 g/mol. The molecule has 0 aliphatic rings. The first kappa shape index (κ1) is 11.4. The van der Waals surface area contributed by atoms with E-state index in [1.807, 2.05) is 0 Å². The topological polar surface area (TPSA) is 49.3 Å². The maximum absolute atomic E-state index is 10.1. The molecular weight excluding hydrogens is 154 g/mol. The van der Waals surface area contributed by atoms with Crippen LogP contribution in [0.5, 0.6) is 0 Å². The van der Waals surface area contributed by atoms with Gasteiger partial charge < -0.3 is 10.4 Å². The van der Waals surface area contributed by atoms with Gasteiger partial charge in [-0.15, -0.1) is 0 Å². The maximum atomic E-state index is 10.1. The second-order valence-corrected chi connectivity index (χ2v) is 3.11. The standard InChI is InChI=1S/C9H19NO2/c1-3-8(2)10-7-5-4-6-9(11)12/h8,10H,3-7H2,1-2H3,(H,11,12). The lowest BCUT2D eigenvalue weighted by Crippen LogP contribution is -2.26. The molecule has 0 rings (SSSR count). The van der Waals surface area contributed by atoms with Crippen molar-refractivity contribution in [2.45, 2.75) is 45.6 Å². The van der Waals surface area contributed by atoms with Crippen molar-refractivity contribution in [3.8, 4) is 0 Å². The summed E-state index contributed by atoms with van der Waals surface area (Å²) < 4.78 is 0. The Balaban J connectivity index is 3.05. The van der Waals surface area contributed by atoms with Gasteiger partial charge in [0.05, 0.1) is 0 Å². The average Bonchev–Trinajstić information content (AvgIpc) is 2.03. The van der Waals surface area contributed by atoms with Crippen molar-refractivity contribution >= 4 is 5.97 Å². The van der Waals surface area contributed by atoms with Crippen LogP contribution in [0.2, 0.25) is 0 Å². The molecule has 3 nitrogen and oxygen atoms in total. The summed E-state index contributed by atoms with van der Waals surface area (Å²) in [5.41, 5.74) is 0. The highest BCUT2D eigenvalue weighted by atomic mass is 16.4. The van der Waals surface area contributed by atoms with Crippen LogP contribution in [0.25, 0.3) is 0 Å². The first-order valence-electron chi connectivity index (χ1n) is 4.62. The summed E-state index contributed by atoms with van der Waals surface area (Å²) in [5.74, 6) is -0.696. The lowest BCUT2D eigenvalue weighted by molar-refractivity contribution is -0.137. The SMILES string of the molecule is CCC(C)NCCCCC(=O)O. The van der Waals surface area contributed by atoms with E-state index >= 15 is 0 Å². The van der Waals surface area contributed by atoms with Gasteiger partial charge in [0.2, 0.25) is 0 Å². The van der Waals surface area contributed by atoms with Gasteiger partial charge in [-0.25, -0.2) is 0 Å². The summed E-state index contributed by atoms with van der Waals surface area (Å²) in [6.07, 6.45) is 3.15. The Labute approximate surface area is 74.2 Å². The van der Waals surface area contributed by atoms with E-state index in [-0.39, 0.29) is 0 Å². The fraction of sp³-hybridized carbons (Fsp3) is 0.889. The van der Waals surface area contributed by atoms with Crippen molar-refractivity contribution in [3.05, 3.63) is 0 Å². The Bertz CT molecular complexity index is 126. The number of hydrogen-bond acceptors (Lipinski definition) is 2. The summed E-state index contributed by atoms with van der Waals surface area (Å²) in [4.78, 5) is 10.1. The maximum Gasteiger partial charge on any atom is 0.303 e. The van der Waals surface area contributed by atoms with Crippen LogP contribution in [0.1, 0.15) is 39.5 Å². The van der Waals surface area contributed by atoms with E-state index in [1.54, 1.807) is 0 Å². The van der Waals surface area contributed by atoms with Gasteiger partial charge in [-0.1, -0.05) is 6.92 Å². The molecule has 0 aromatic carbocycles. The van der Waals surface area contributed by atoms with E-state index in [0.29, 0.717) is 12.5 Å². The van der Waals surface area contributed by atoms with Gasteiger partial charge in [-0.2, -0.15) is 0 Å². The number of carboxylic acid groups (broad SMARTS) is 1. The lowest BCUT2D eigenvalue weighted by Gasteiger charge is -2.09. The minimum Gasteiger partial charge on any atom is -0.481 e. The Kier molecular flexibility index (Phi) is 6.76. The quantitative estimate of drug-likeness (QED) is 0.575. The minimum atomic E-state index is -0.696. The van der Waals surface area contributed by atoms with Gasteiger partial charge in [0.1, 0.15) is 0 Å². The molecule has 0 saturated heterocycles. The van der Waals surface area contributed by atoms with Gasteiger partial charge >= 0.3 is 5.97 Å². The van der Waals surface area contributed by atoms with Crippen LogP contribution in [0, 0.1) is 0 Å². The largest absolute Gasteiger partial charge is 0.481 e. The Morgan fingerprint density at radius 1 is 1.50 bits per heavy atom. The zero-order valence-electron chi connectivity index (χ0n) is 7.97. The zero-order valence-corrected chi connectivity index (χ0v) is 7.97. The fourth-order valence-electron chi connectivity index (χ4n) is 0.894. The highest BCUT2D eigenvalue weighted by molar-refractivity contribution is 5.66. The van der Waals surface area contributed by atoms with E-state index in [2.05, 4.69) is 19.2 Å². The molecule has 0 aliphatic carbocycles. The molecule has 0 saturated carbocycles. The lowest BCUT2D eigenvalue weighted by atomic mass is 10.2. The third-order valence-electron chi connectivity index (χ3n) is 1.92. The summed E-state index contributed by atoms with van der Waals surface area (Å²) in [5, 5.41) is 11.7. The van der Waals surface area contributed by atoms with Crippen molar-refractivity contribution in [2.24, 2.45) is 0 Å². The second-order valence-electron chi connectivity index (χ2n) is 3.11. The summed E-state index contributed by atoms with van der Waals surface area (Å²) in [6.45, 7) is 5.20. The van der Waals surface area contributed by atoms with E-state index < -0.39 is 5.97 Å². The van der Waals surface area contributed by atoms with Gasteiger partial charge in [0.25, 0.3) is 0 Å². The fourth-order valence-corrected chi connectivity index (χ4v) is 0.894. The van der Waals surface area contributed by atoms with Gasteiger partial charge in [0.15, 0.2) is 0 Å². The summed E-state index contributed by atoms with van der Waals surface area (Å²) in [6, 6.07) is 0.551. The van der Waals surface area contributed by atoms with Crippen LogP contribution in [0.15, 0.2) is 0 Å². The zero-order chi connectivity index (χ0) is 9.40. The minimum absolute atomic E-state index is 0.294. The van der Waals surface area contributed by atoms with Crippen LogP contribution in [-0.4, -0.2) is 23.7 Å². The molecule has 1 unspecified atom stereocenters. The first-order valence-corrected chi connectivity index (χ1v) is 4.62. The van der Waals surface area contributed by atoms with Crippen molar-refractivity contribution < 1.29 is 9.90 Å². The Morgan fingerprint density at radius 2 is 2.17 bits per heavy atom. The van der Waals surface area contributed by atoms with Crippen LogP contribution in [-0.2, 0) is 4.79 Å². The molecule has 0 bridgehead atoms. The molecule has 0 amide bonds. The molecule has 0 aromatic heterocycles. The molecule has 72 valence electrons. The molecule has 0 aliphatic heterocycles. The Morgan fingerprint density at radius 3 is 2.67 bits per heavy atom.